The van der Waals surface area contributed by atoms with E-state index >= 15 is 0 Å². The van der Waals surface area contributed by atoms with Crippen LogP contribution in [-0.4, -0.2) is 39.0 Å². The average molecular weight is 191 g/mol. The first-order valence-corrected chi connectivity index (χ1v) is 4.60. The van der Waals surface area contributed by atoms with Gasteiger partial charge in [0.25, 0.3) is 0 Å². The number of hydrogen-bond donors (Lipinski definition) is 1. The molecule has 0 aliphatic carbocycles. The van der Waals surface area contributed by atoms with E-state index in [-0.39, 0.29) is 0 Å². The summed E-state index contributed by atoms with van der Waals surface area (Å²) in [6.45, 7) is 0.866. The standard InChI is InChI=1S/C9H13N5/c1-13-5-4-8(10)2-3-9(13)14-7-11-6-12-14/h3,6-7,10H,2,4-5H2,1H3. The average Bonchev–Trinajstić information content (AvgIpc) is 2.63. The zero-order chi connectivity index (χ0) is 9.97. The van der Waals surface area contributed by atoms with Crippen molar-refractivity contribution in [2.45, 2.75) is 12.8 Å². The van der Waals surface area contributed by atoms with Gasteiger partial charge in [-0.2, -0.15) is 5.10 Å². The summed E-state index contributed by atoms with van der Waals surface area (Å²) in [4.78, 5) is 6.01. The summed E-state index contributed by atoms with van der Waals surface area (Å²) in [6, 6.07) is 0. The molecule has 0 aromatic carbocycles. The molecule has 1 aliphatic rings. The Bertz CT molecular complexity index is 351. The highest BCUT2D eigenvalue weighted by molar-refractivity contribution is 5.84. The highest BCUT2D eigenvalue weighted by Crippen LogP contribution is 2.13. The van der Waals surface area contributed by atoms with Crippen molar-refractivity contribution in [3.8, 4) is 0 Å². The van der Waals surface area contributed by atoms with Crippen LogP contribution in [0.15, 0.2) is 18.7 Å². The second kappa shape index (κ2) is 3.61. The summed E-state index contributed by atoms with van der Waals surface area (Å²) in [7, 11) is 2.01. The van der Waals surface area contributed by atoms with E-state index in [4.69, 9.17) is 5.41 Å². The van der Waals surface area contributed by atoms with E-state index in [1.807, 2.05) is 13.1 Å². The summed E-state index contributed by atoms with van der Waals surface area (Å²) in [5.74, 6) is 1.00. The van der Waals surface area contributed by atoms with Gasteiger partial charge >= 0.3 is 0 Å². The Balaban J connectivity index is 2.27. The molecule has 0 radical (unpaired) electrons. The molecule has 0 spiro atoms. The monoisotopic (exact) mass is 191 g/mol. The molecule has 5 nitrogen and oxygen atoms in total. The van der Waals surface area contributed by atoms with Crippen LogP contribution in [0.5, 0.6) is 0 Å². The molecule has 5 heteroatoms. The van der Waals surface area contributed by atoms with Crippen molar-refractivity contribution in [1.82, 2.24) is 19.7 Å². The van der Waals surface area contributed by atoms with Crippen molar-refractivity contribution in [2.75, 3.05) is 13.6 Å². The summed E-state index contributed by atoms with van der Waals surface area (Å²) in [5, 5.41) is 11.7. The van der Waals surface area contributed by atoms with Crippen molar-refractivity contribution in [3.63, 3.8) is 0 Å². The molecule has 0 amide bonds. The van der Waals surface area contributed by atoms with Crippen LogP contribution in [0, 0.1) is 5.41 Å². The maximum absolute atomic E-state index is 7.62. The van der Waals surface area contributed by atoms with Crippen LogP contribution in [0.3, 0.4) is 0 Å². The van der Waals surface area contributed by atoms with Crippen LogP contribution in [-0.2, 0) is 0 Å². The number of rotatable bonds is 1. The van der Waals surface area contributed by atoms with Crippen LogP contribution in [0.2, 0.25) is 0 Å². The summed E-state index contributed by atoms with van der Waals surface area (Å²) in [6.07, 6.45) is 6.75. The van der Waals surface area contributed by atoms with Crippen molar-refractivity contribution < 1.29 is 0 Å². The number of nitrogens with one attached hydrogen (secondary N) is 1. The fourth-order valence-electron chi connectivity index (χ4n) is 1.48. The maximum Gasteiger partial charge on any atom is 0.138 e. The Labute approximate surface area is 82.6 Å². The van der Waals surface area contributed by atoms with E-state index in [1.54, 1.807) is 11.0 Å². The number of nitrogens with zero attached hydrogens (tertiary/aromatic N) is 4. The normalized spacial score (nSPS) is 17.9. The Hall–Kier alpha value is -1.65. The number of aromatic nitrogens is 3. The smallest absolute Gasteiger partial charge is 0.138 e. The molecule has 1 N–H and O–H groups in total. The molecule has 14 heavy (non-hydrogen) atoms. The molecule has 1 aromatic rings. The Morgan fingerprint density at radius 1 is 1.50 bits per heavy atom. The van der Waals surface area contributed by atoms with Gasteiger partial charge in [-0.25, -0.2) is 9.67 Å². The topological polar surface area (TPSA) is 57.8 Å². The largest absolute Gasteiger partial charge is 0.359 e. The fraction of sp³-hybridized carbons (Fsp3) is 0.444. The zero-order valence-electron chi connectivity index (χ0n) is 8.14. The van der Waals surface area contributed by atoms with E-state index in [1.165, 1.54) is 6.33 Å². The lowest BCUT2D eigenvalue weighted by Crippen LogP contribution is -2.21. The number of hydrogen-bond acceptors (Lipinski definition) is 4. The molecule has 0 unspecified atom stereocenters. The van der Waals surface area contributed by atoms with E-state index in [2.05, 4.69) is 15.0 Å². The van der Waals surface area contributed by atoms with E-state index < -0.39 is 0 Å². The van der Waals surface area contributed by atoms with Crippen molar-refractivity contribution in [3.05, 3.63) is 18.7 Å². The van der Waals surface area contributed by atoms with Crippen LogP contribution >= 0.6 is 0 Å². The van der Waals surface area contributed by atoms with Crippen LogP contribution in [0.1, 0.15) is 12.8 Å². The lowest BCUT2D eigenvalue weighted by atomic mass is 10.2. The highest BCUT2D eigenvalue weighted by atomic mass is 15.4. The predicted octanol–water partition coefficient (Wildman–Crippen LogP) is 0.822. The third-order valence-corrected chi connectivity index (χ3v) is 2.32. The van der Waals surface area contributed by atoms with Gasteiger partial charge in [0.05, 0.1) is 0 Å². The molecule has 0 bridgehead atoms. The van der Waals surface area contributed by atoms with Gasteiger partial charge in [-0.1, -0.05) is 0 Å². The van der Waals surface area contributed by atoms with Gasteiger partial charge in [-0.15, -0.1) is 0 Å². The Morgan fingerprint density at radius 3 is 3.07 bits per heavy atom. The minimum Gasteiger partial charge on any atom is -0.359 e. The summed E-state index contributed by atoms with van der Waals surface area (Å²) >= 11 is 0. The minimum absolute atomic E-state index is 0.708. The van der Waals surface area contributed by atoms with Gasteiger partial charge in [0.2, 0.25) is 0 Å². The van der Waals surface area contributed by atoms with E-state index in [9.17, 15) is 0 Å². The SMILES string of the molecule is CN1CCC(=N)CC=C1n1cncn1. The second-order valence-electron chi connectivity index (χ2n) is 3.38. The van der Waals surface area contributed by atoms with Crippen molar-refractivity contribution in [2.24, 2.45) is 0 Å². The lowest BCUT2D eigenvalue weighted by molar-refractivity contribution is 0.462. The second-order valence-corrected chi connectivity index (χ2v) is 3.38. The fourth-order valence-corrected chi connectivity index (χ4v) is 1.48. The van der Waals surface area contributed by atoms with Gasteiger partial charge in [-0.05, 0) is 6.08 Å². The quantitative estimate of drug-likeness (QED) is 0.715. The zero-order valence-corrected chi connectivity index (χ0v) is 8.14. The molecule has 0 atom stereocenters. The van der Waals surface area contributed by atoms with E-state index in [0.29, 0.717) is 6.42 Å². The minimum atomic E-state index is 0.708. The first kappa shape index (κ1) is 8.93. The van der Waals surface area contributed by atoms with E-state index in [0.717, 1.165) is 24.5 Å². The predicted molar refractivity (Wildman–Crippen MR) is 53.9 cm³/mol. The van der Waals surface area contributed by atoms with Gasteiger partial charge in [0.15, 0.2) is 0 Å². The molecule has 0 fully saturated rings. The van der Waals surface area contributed by atoms with Crippen molar-refractivity contribution in [1.29, 1.82) is 5.41 Å². The Morgan fingerprint density at radius 2 is 2.36 bits per heavy atom. The third-order valence-electron chi connectivity index (χ3n) is 2.32. The Kier molecular flexibility index (Phi) is 2.30. The third kappa shape index (κ3) is 1.66. The van der Waals surface area contributed by atoms with Crippen LogP contribution in [0.4, 0.5) is 0 Å². The summed E-state index contributed by atoms with van der Waals surface area (Å²) < 4.78 is 1.73. The molecule has 2 heterocycles. The van der Waals surface area contributed by atoms with Crippen LogP contribution in [0.25, 0.3) is 5.82 Å². The summed E-state index contributed by atoms with van der Waals surface area (Å²) in [5.41, 5.74) is 0.770. The van der Waals surface area contributed by atoms with Gasteiger partial charge in [-0.3, -0.25) is 0 Å². The van der Waals surface area contributed by atoms with Crippen LogP contribution < -0.4 is 0 Å². The molecule has 1 aromatic heterocycles. The maximum atomic E-state index is 7.62. The molecule has 0 saturated carbocycles. The van der Waals surface area contributed by atoms with Gasteiger partial charge in [0.1, 0.15) is 18.5 Å². The first-order chi connectivity index (χ1) is 6.77. The highest BCUT2D eigenvalue weighted by Gasteiger charge is 2.12. The van der Waals surface area contributed by atoms with Gasteiger partial charge < -0.3 is 10.3 Å². The van der Waals surface area contributed by atoms with Crippen molar-refractivity contribution >= 4 is 11.5 Å². The number of allylic oxidation sites excluding steroid dienone is 1. The first-order valence-electron chi connectivity index (χ1n) is 4.60. The van der Waals surface area contributed by atoms with Gasteiger partial charge in [0, 0.05) is 32.1 Å². The molecular formula is C9H13N5. The molecular weight excluding hydrogens is 178 g/mol. The molecule has 74 valence electrons. The molecule has 0 saturated heterocycles. The lowest BCUT2D eigenvalue weighted by Gasteiger charge is -2.19. The molecule has 2 rings (SSSR count). The molecule has 1 aliphatic heterocycles.